The van der Waals surface area contributed by atoms with Gasteiger partial charge < -0.3 is 15.0 Å². The molecule has 2 fully saturated rings. The van der Waals surface area contributed by atoms with Crippen LogP contribution in [0.2, 0.25) is 0 Å². The maximum Gasteiger partial charge on any atom is 0.350 e. The Morgan fingerprint density at radius 2 is 1.91 bits per heavy atom. The standard InChI is InChI=1S/C23H26FN5O5S/c1-4-29-19-18(13(2)26-29)27(12-17(30)25-16-9-10-35-20(16)22(32)34-3)23(33)28(21(19)31)11-14-5-7-15(24)8-6-14/h5-10,13,18-19,26H,4,11-12H2,1-3H3,(H,25,30). The van der Waals surface area contributed by atoms with Gasteiger partial charge in [0.15, 0.2) is 0 Å². The first kappa shape index (κ1) is 24.8. The molecule has 3 unspecified atom stereocenters. The number of nitrogens with zero attached hydrogens (tertiary/aromatic N) is 3. The van der Waals surface area contributed by atoms with Gasteiger partial charge in [-0.2, -0.15) is 0 Å². The largest absolute Gasteiger partial charge is 0.465 e. The van der Waals surface area contributed by atoms with Crippen LogP contribution in [-0.2, 0) is 20.9 Å². The number of likely N-dealkylation sites (N-methyl/N-ethyl adjacent to an activating group) is 1. The zero-order valence-electron chi connectivity index (χ0n) is 19.5. The number of rotatable bonds is 7. The summed E-state index contributed by atoms with van der Waals surface area (Å²) < 4.78 is 18.1. The summed E-state index contributed by atoms with van der Waals surface area (Å²) in [6.07, 6.45) is 0. The zero-order chi connectivity index (χ0) is 25.3. The van der Waals surface area contributed by atoms with E-state index in [1.54, 1.807) is 16.5 Å². The van der Waals surface area contributed by atoms with Crippen molar-refractivity contribution in [2.75, 3.05) is 25.5 Å². The van der Waals surface area contributed by atoms with Crippen LogP contribution in [0.25, 0.3) is 0 Å². The van der Waals surface area contributed by atoms with Gasteiger partial charge in [0, 0.05) is 12.6 Å². The lowest BCUT2D eigenvalue weighted by molar-refractivity contribution is -0.140. The van der Waals surface area contributed by atoms with E-state index in [4.69, 9.17) is 4.74 Å². The van der Waals surface area contributed by atoms with Crippen molar-refractivity contribution in [1.29, 1.82) is 0 Å². The molecular formula is C23H26FN5O5S. The van der Waals surface area contributed by atoms with Gasteiger partial charge >= 0.3 is 12.0 Å². The second-order valence-corrected chi connectivity index (χ2v) is 9.22. The third-order valence-corrected chi connectivity index (χ3v) is 7.01. The Kier molecular flexibility index (Phi) is 7.15. The minimum absolute atomic E-state index is 0.0533. The SMILES string of the molecule is CCN1NC(C)C2C1C(=O)N(Cc1ccc(F)cc1)C(=O)N2CC(=O)Nc1ccsc1C(=O)OC. The van der Waals surface area contributed by atoms with Crippen LogP contribution in [-0.4, -0.2) is 76.9 Å². The second-order valence-electron chi connectivity index (χ2n) is 8.30. The molecule has 186 valence electrons. The van der Waals surface area contributed by atoms with Gasteiger partial charge in [0.1, 0.15) is 23.3 Å². The van der Waals surface area contributed by atoms with E-state index in [1.807, 2.05) is 13.8 Å². The monoisotopic (exact) mass is 503 g/mol. The molecule has 4 amide bonds. The molecule has 3 heterocycles. The minimum atomic E-state index is -0.687. The molecule has 0 radical (unpaired) electrons. The number of methoxy groups -OCH3 is 1. The predicted molar refractivity (Wildman–Crippen MR) is 126 cm³/mol. The van der Waals surface area contributed by atoms with Crippen molar-refractivity contribution < 1.29 is 28.3 Å². The Morgan fingerprint density at radius 3 is 2.57 bits per heavy atom. The van der Waals surface area contributed by atoms with Gasteiger partial charge in [0.2, 0.25) is 5.91 Å². The van der Waals surface area contributed by atoms with Crippen molar-refractivity contribution >= 4 is 40.8 Å². The average molecular weight is 504 g/mol. The fourth-order valence-corrected chi connectivity index (χ4v) is 5.28. The molecule has 1 aromatic carbocycles. The van der Waals surface area contributed by atoms with Gasteiger partial charge in [0.05, 0.1) is 25.4 Å². The van der Waals surface area contributed by atoms with Gasteiger partial charge in [-0.1, -0.05) is 19.1 Å². The van der Waals surface area contributed by atoms with Crippen molar-refractivity contribution in [3.63, 3.8) is 0 Å². The van der Waals surface area contributed by atoms with Crippen LogP contribution in [0.3, 0.4) is 0 Å². The number of anilines is 1. The molecule has 2 aliphatic heterocycles. The second kappa shape index (κ2) is 10.1. The van der Waals surface area contributed by atoms with Crippen molar-refractivity contribution in [2.45, 2.75) is 38.5 Å². The van der Waals surface area contributed by atoms with Gasteiger partial charge in [0.25, 0.3) is 5.91 Å². The summed E-state index contributed by atoms with van der Waals surface area (Å²) in [5.41, 5.74) is 4.09. The summed E-state index contributed by atoms with van der Waals surface area (Å²) in [5, 5.41) is 6.09. The molecule has 4 rings (SSSR count). The molecule has 2 aliphatic rings. The van der Waals surface area contributed by atoms with Crippen LogP contribution in [0.1, 0.15) is 29.1 Å². The van der Waals surface area contributed by atoms with Gasteiger partial charge in [-0.25, -0.2) is 24.4 Å². The van der Waals surface area contributed by atoms with E-state index in [2.05, 4.69) is 10.7 Å². The van der Waals surface area contributed by atoms with Crippen LogP contribution >= 0.6 is 11.3 Å². The highest BCUT2D eigenvalue weighted by Gasteiger charge is 2.54. The Hall–Kier alpha value is -3.35. The van der Waals surface area contributed by atoms with Crippen LogP contribution in [0, 0.1) is 5.82 Å². The Morgan fingerprint density at radius 1 is 1.20 bits per heavy atom. The molecule has 2 aromatic rings. The number of hydrazine groups is 1. The summed E-state index contributed by atoms with van der Waals surface area (Å²) in [6.45, 7) is 3.86. The molecule has 0 bridgehead atoms. The Labute approximate surface area is 205 Å². The molecule has 35 heavy (non-hydrogen) atoms. The first-order valence-corrected chi connectivity index (χ1v) is 12.0. The lowest BCUT2D eigenvalue weighted by Crippen LogP contribution is -2.67. The average Bonchev–Trinajstić information content (AvgIpc) is 3.44. The molecule has 0 spiro atoms. The van der Waals surface area contributed by atoms with Crippen LogP contribution in [0.4, 0.5) is 14.9 Å². The first-order valence-electron chi connectivity index (χ1n) is 11.1. The fourth-order valence-electron chi connectivity index (χ4n) is 4.51. The third-order valence-electron chi connectivity index (χ3n) is 6.12. The van der Waals surface area contributed by atoms with E-state index in [1.165, 1.54) is 36.3 Å². The number of esters is 1. The fraction of sp³-hybridized carbons (Fsp3) is 0.391. The minimum Gasteiger partial charge on any atom is -0.465 e. The number of halogens is 1. The molecule has 12 heteroatoms. The number of hydrogen-bond donors (Lipinski definition) is 2. The summed E-state index contributed by atoms with van der Waals surface area (Å²) in [4.78, 5) is 54.6. The van der Waals surface area contributed by atoms with Crippen molar-refractivity contribution in [3.05, 3.63) is 52.0 Å². The number of carbonyl (C=O) groups is 4. The maximum atomic E-state index is 13.5. The Balaban J connectivity index is 1.59. The van der Waals surface area contributed by atoms with E-state index < -0.39 is 35.8 Å². The van der Waals surface area contributed by atoms with Gasteiger partial charge in [-0.3, -0.25) is 14.5 Å². The van der Waals surface area contributed by atoms with Crippen molar-refractivity contribution in [1.82, 2.24) is 20.2 Å². The molecular weight excluding hydrogens is 477 g/mol. The third kappa shape index (κ3) is 4.77. The summed E-state index contributed by atoms with van der Waals surface area (Å²) >= 11 is 1.13. The quantitative estimate of drug-likeness (QED) is 0.557. The van der Waals surface area contributed by atoms with E-state index in [0.717, 1.165) is 16.2 Å². The summed E-state index contributed by atoms with van der Waals surface area (Å²) in [6, 6.07) is 4.98. The zero-order valence-corrected chi connectivity index (χ0v) is 20.3. The lowest BCUT2D eigenvalue weighted by Gasteiger charge is -2.43. The number of carbonyl (C=O) groups excluding carboxylic acids is 4. The predicted octanol–water partition coefficient (Wildman–Crippen LogP) is 2.04. The maximum absolute atomic E-state index is 13.5. The number of fused-ring (bicyclic) bond motifs is 1. The number of urea groups is 1. The number of imide groups is 1. The van der Waals surface area contributed by atoms with Crippen molar-refractivity contribution in [2.24, 2.45) is 0 Å². The van der Waals surface area contributed by atoms with Gasteiger partial charge in [-0.05, 0) is 36.1 Å². The molecule has 3 atom stereocenters. The molecule has 2 N–H and O–H groups in total. The van der Waals surface area contributed by atoms with E-state index in [0.29, 0.717) is 17.8 Å². The smallest absolute Gasteiger partial charge is 0.350 e. The highest BCUT2D eigenvalue weighted by Crippen LogP contribution is 2.30. The highest BCUT2D eigenvalue weighted by atomic mass is 32.1. The lowest BCUT2D eigenvalue weighted by atomic mass is 9.97. The normalized spacial score (nSPS) is 22.3. The number of benzene rings is 1. The number of amides is 4. The number of nitrogens with one attached hydrogen (secondary N) is 2. The van der Waals surface area contributed by atoms with Crippen LogP contribution in [0.5, 0.6) is 0 Å². The Bertz CT molecular complexity index is 1140. The molecule has 2 saturated heterocycles. The molecule has 0 aliphatic carbocycles. The number of hydrogen-bond acceptors (Lipinski definition) is 8. The van der Waals surface area contributed by atoms with E-state index >= 15 is 0 Å². The molecule has 1 aromatic heterocycles. The molecule has 10 nitrogen and oxygen atoms in total. The number of thiophene rings is 1. The first-order chi connectivity index (χ1) is 16.7. The van der Waals surface area contributed by atoms with Crippen LogP contribution < -0.4 is 10.7 Å². The van der Waals surface area contributed by atoms with Crippen LogP contribution in [0.15, 0.2) is 35.7 Å². The van der Waals surface area contributed by atoms with E-state index in [-0.39, 0.29) is 29.9 Å². The van der Waals surface area contributed by atoms with E-state index in [9.17, 15) is 23.6 Å². The van der Waals surface area contributed by atoms with Gasteiger partial charge in [-0.15, -0.1) is 11.3 Å². The number of ether oxygens (including phenoxy) is 1. The summed E-state index contributed by atoms with van der Waals surface area (Å²) in [7, 11) is 1.25. The topological polar surface area (TPSA) is 111 Å². The van der Waals surface area contributed by atoms with Crippen molar-refractivity contribution in [3.8, 4) is 0 Å². The molecule has 0 saturated carbocycles. The summed E-state index contributed by atoms with van der Waals surface area (Å²) in [5.74, 6) is -1.90. The highest BCUT2D eigenvalue weighted by molar-refractivity contribution is 7.12.